The average molecular weight is 361 g/mol. The lowest BCUT2D eigenvalue weighted by molar-refractivity contribution is -0.117. The second kappa shape index (κ2) is 9.03. The van der Waals surface area contributed by atoms with Gasteiger partial charge in [0.1, 0.15) is 0 Å². The number of benzene rings is 1. The van der Waals surface area contributed by atoms with Crippen molar-refractivity contribution in [2.75, 3.05) is 32.1 Å². The highest BCUT2D eigenvalue weighted by molar-refractivity contribution is 5.95. The Bertz CT molecular complexity index is 620. The Morgan fingerprint density at radius 2 is 1.96 bits per heavy atom. The van der Waals surface area contributed by atoms with Gasteiger partial charge >= 0.3 is 0 Å². The predicted molar refractivity (Wildman–Crippen MR) is 106 cm³/mol. The summed E-state index contributed by atoms with van der Waals surface area (Å²) < 4.78 is 5.57. The summed E-state index contributed by atoms with van der Waals surface area (Å²) in [6.07, 6.45) is 1.70. The molecular weight excluding hydrogens is 328 g/mol. The predicted octanol–water partition coefficient (Wildman–Crippen LogP) is 2.54. The second-order valence-corrected chi connectivity index (χ2v) is 7.71. The van der Waals surface area contributed by atoms with Gasteiger partial charge in [-0.3, -0.25) is 9.79 Å². The minimum Gasteiger partial charge on any atom is -0.379 e. The number of carbonyl (C=O) groups excluding carboxylic acids is 1. The van der Waals surface area contributed by atoms with Crippen LogP contribution in [0.3, 0.4) is 0 Å². The highest BCUT2D eigenvalue weighted by Crippen LogP contribution is 2.22. The molecule has 1 aromatic carbocycles. The Morgan fingerprint density at radius 1 is 1.27 bits per heavy atom. The Morgan fingerprint density at radius 3 is 2.46 bits per heavy atom. The fourth-order valence-corrected chi connectivity index (χ4v) is 3.05. The van der Waals surface area contributed by atoms with Crippen molar-refractivity contribution in [1.29, 1.82) is 0 Å². The van der Waals surface area contributed by atoms with Gasteiger partial charge in [0.25, 0.3) is 0 Å². The maximum Gasteiger partial charge on any atom is 0.227 e. The van der Waals surface area contributed by atoms with Gasteiger partial charge in [0.05, 0.1) is 6.10 Å². The largest absolute Gasteiger partial charge is 0.379 e. The summed E-state index contributed by atoms with van der Waals surface area (Å²) in [6.45, 7) is 8.65. The summed E-state index contributed by atoms with van der Waals surface area (Å²) in [5, 5.41) is 6.64. The van der Waals surface area contributed by atoms with Crippen molar-refractivity contribution in [3.05, 3.63) is 29.8 Å². The molecule has 0 radical (unpaired) electrons. The van der Waals surface area contributed by atoms with Gasteiger partial charge in [0, 0.05) is 45.9 Å². The van der Waals surface area contributed by atoms with E-state index in [1.807, 2.05) is 29.2 Å². The molecule has 1 amide bonds. The minimum atomic E-state index is 0.0590. The zero-order valence-electron chi connectivity index (χ0n) is 16.6. The van der Waals surface area contributed by atoms with E-state index in [4.69, 9.17) is 4.74 Å². The number of hydrogen-bond donors (Lipinski definition) is 2. The van der Waals surface area contributed by atoms with E-state index in [2.05, 4.69) is 36.4 Å². The monoisotopic (exact) mass is 360 g/mol. The van der Waals surface area contributed by atoms with Crippen LogP contribution in [-0.2, 0) is 16.1 Å². The SMILES string of the molecule is CN=C(NCc1ccc(N2CCCC2=O)cc1)NCC(OC)C(C)(C)C. The quantitative estimate of drug-likeness (QED) is 0.604. The topological polar surface area (TPSA) is 66.0 Å². The first kappa shape index (κ1) is 20.2. The van der Waals surface area contributed by atoms with Crippen LogP contribution in [0, 0.1) is 5.41 Å². The number of nitrogens with zero attached hydrogens (tertiary/aromatic N) is 2. The van der Waals surface area contributed by atoms with Crippen LogP contribution in [0.2, 0.25) is 0 Å². The molecule has 0 bridgehead atoms. The Labute approximate surface area is 157 Å². The number of nitrogens with one attached hydrogen (secondary N) is 2. The van der Waals surface area contributed by atoms with Crippen LogP contribution in [0.4, 0.5) is 5.69 Å². The molecule has 2 rings (SSSR count). The van der Waals surface area contributed by atoms with Crippen LogP contribution in [0.5, 0.6) is 0 Å². The summed E-state index contributed by atoms with van der Waals surface area (Å²) in [4.78, 5) is 17.9. The summed E-state index contributed by atoms with van der Waals surface area (Å²) in [5.41, 5.74) is 2.18. The Kier molecular flexibility index (Phi) is 7.03. The number of carbonyl (C=O) groups is 1. The van der Waals surface area contributed by atoms with Crippen LogP contribution in [0.1, 0.15) is 39.2 Å². The highest BCUT2D eigenvalue weighted by Gasteiger charge is 2.24. The van der Waals surface area contributed by atoms with Crippen molar-refractivity contribution < 1.29 is 9.53 Å². The molecule has 1 unspecified atom stereocenters. The van der Waals surface area contributed by atoms with Crippen molar-refractivity contribution in [2.24, 2.45) is 10.4 Å². The standard InChI is InChI=1S/C20H32N4O2/c1-20(2,3)17(26-5)14-23-19(21-4)22-13-15-8-10-16(11-9-15)24-12-6-7-18(24)25/h8-11,17H,6-7,12-14H2,1-5H3,(H2,21,22,23). The van der Waals surface area contributed by atoms with Crippen LogP contribution in [-0.4, -0.2) is 45.2 Å². The number of aliphatic imine (C=N–C) groups is 1. The maximum absolute atomic E-state index is 11.8. The maximum atomic E-state index is 11.8. The van der Waals surface area contributed by atoms with Crippen LogP contribution >= 0.6 is 0 Å². The molecule has 6 nitrogen and oxygen atoms in total. The van der Waals surface area contributed by atoms with E-state index in [0.717, 1.165) is 30.2 Å². The van der Waals surface area contributed by atoms with Crippen molar-refractivity contribution in [2.45, 2.75) is 46.3 Å². The molecule has 1 heterocycles. The summed E-state index contributed by atoms with van der Waals surface area (Å²) in [5.74, 6) is 0.960. The Balaban J connectivity index is 1.85. The first-order valence-corrected chi connectivity index (χ1v) is 9.21. The number of ether oxygens (including phenoxy) is 1. The van der Waals surface area contributed by atoms with Gasteiger partial charge < -0.3 is 20.3 Å². The normalized spacial score (nSPS) is 16.7. The molecule has 1 aromatic rings. The third kappa shape index (κ3) is 5.46. The van der Waals surface area contributed by atoms with Gasteiger partial charge in [-0.15, -0.1) is 0 Å². The van der Waals surface area contributed by atoms with Gasteiger partial charge in [-0.25, -0.2) is 0 Å². The van der Waals surface area contributed by atoms with Crippen molar-refractivity contribution in [1.82, 2.24) is 10.6 Å². The molecule has 1 saturated heterocycles. The summed E-state index contributed by atoms with van der Waals surface area (Å²) >= 11 is 0. The fraction of sp³-hybridized carbons (Fsp3) is 0.600. The van der Waals surface area contributed by atoms with Gasteiger partial charge in [-0.1, -0.05) is 32.9 Å². The van der Waals surface area contributed by atoms with Gasteiger partial charge in [-0.05, 0) is 29.5 Å². The van der Waals surface area contributed by atoms with Crippen LogP contribution < -0.4 is 15.5 Å². The molecule has 1 aliphatic rings. The molecule has 1 atom stereocenters. The van der Waals surface area contributed by atoms with E-state index in [1.54, 1.807) is 14.2 Å². The highest BCUT2D eigenvalue weighted by atomic mass is 16.5. The van der Waals surface area contributed by atoms with E-state index in [0.29, 0.717) is 19.5 Å². The molecular formula is C20H32N4O2. The molecule has 0 aromatic heterocycles. The zero-order chi connectivity index (χ0) is 19.2. The number of hydrogen-bond acceptors (Lipinski definition) is 3. The molecule has 0 spiro atoms. The first-order valence-electron chi connectivity index (χ1n) is 9.21. The van der Waals surface area contributed by atoms with Gasteiger partial charge in [0.2, 0.25) is 5.91 Å². The van der Waals surface area contributed by atoms with Crippen LogP contribution in [0.25, 0.3) is 0 Å². The molecule has 0 aliphatic carbocycles. The number of guanidine groups is 1. The van der Waals surface area contributed by atoms with Gasteiger partial charge in [0.15, 0.2) is 5.96 Å². The third-order valence-corrected chi connectivity index (χ3v) is 4.71. The fourth-order valence-electron chi connectivity index (χ4n) is 3.05. The van der Waals surface area contributed by atoms with Crippen LogP contribution in [0.15, 0.2) is 29.3 Å². The number of methoxy groups -OCH3 is 1. The van der Waals surface area contributed by atoms with Crippen molar-refractivity contribution >= 4 is 17.6 Å². The minimum absolute atomic E-state index is 0.0590. The second-order valence-electron chi connectivity index (χ2n) is 7.71. The number of rotatable bonds is 6. The summed E-state index contributed by atoms with van der Waals surface area (Å²) in [6, 6.07) is 8.12. The third-order valence-electron chi connectivity index (χ3n) is 4.71. The molecule has 26 heavy (non-hydrogen) atoms. The van der Waals surface area contributed by atoms with E-state index in [-0.39, 0.29) is 17.4 Å². The molecule has 1 fully saturated rings. The first-order chi connectivity index (χ1) is 12.3. The lowest BCUT2D eigenvalue weighted by atomic mass is 9.89. The van der Waals surface area contributed by atoms with E-state index >= 15 is 0 Å². The van der Waals surface area contributed by atoms with Gasteiger partial charge in [-0.2, -0.15) is 0 Å². The smallest absolute Gasteiger partial charge is 0.227 e. The van der Waals surface area contributed by atoms with Crippen molar-refractivity contribution in [3.63, 3.8) is 0 Å². The van der Waals surface area contributed by atoms with Crippen molar-refractivity contribution in [3.8, 4) is 0 Å². The lowest BCUT2D eigenvalue weighted by Crippen LogP contribution is -2.45. The lowest BCUT2D eigenvalue weighted by Gasteiger charge is -2.30. The average Bonchev–Trinajstić information content (AvgIpc) is 3.03. The molecule has 6 heteroatoms. The molecule has 1 aliphatic heterocycles. The summed E-state index contributed by atoms with van der Waals surface area (Å²) in [7, 11) is 3.50. The zero-order valence-corrected chi connectivity index (χ0v) is 16.6. The molecule has 2 N–H and O–H groups in total. The molecule has 0 saturated carbocycles. The Hall–Kier alpha value is -2.08. The number of anilines is 1. The number of amides is 1. The molecule has 144 valence electrons. The van der Waals surface area contributed by atoms with E-state index < -0.39 is 0 Å². The van der Waals surface area contributed by atoms with E-state index in [9.17, 15) is 4.79 Å². The van der Waals surface area contributed by atoms with E-state index in [1.165, 1.54) is 0 Å².